The van der Waals surface area contributed by atoms with Crippen molar-refractivity contribution >= 4 is 44.9 Å². The van der Waals surface area contributed by atoms with Gasteiger partial charge in [0, 0.05) is 25.2 Å². The van der Waals surface area contributed by atoms with Crippen LogP contribution in [0.4, 0.5) is 11.4 Å². The molecule has 0 aliphatic carbocycles. The number of non-ortho nitro benzene ring substituents is 1. The van der Waals surface area contributed by atoms with Gasteiger partial charge in [-0.05, 0) is 55.5 Å². The summed E-state index contributed by atoms with van der Waals surface area (Å²) in [7, 11) is -3.69. The second kappa shape index (κ2) is 10.7. The highest BCUT2D eigenvalue weighted by Gasteiger charge is 2.32. The number of sulfonamides is 1. The number of hydrogen-bond acceptors (Lipinski definition) is 7. The van der Waals surface area contributed by atoms with E-state index in [0.29, 0.717) is 13.1 Å². The van der Waals surface area contributed by atoms with Crippen molar-refractivity contribution < 1.29 is 27.7 Å². The number of nitro benzene ring substituents is 1. The van der Waals surface area contributed by atoms with Crippen LogP contribution < -0.4 is 5.32 Å². The summed E-state index contributed by atoms with van der Waals surface area (Å²) in [6.07, 6.45) is -0.243. The lowest BCUT2D eigenvalue weighted by Gasteiger charge is -2.34. The van der Waals surface area contributed by atoms with Crippen molar-refractivity contribution in [1.29, 1.82) is 0 Å². The molecule has 0 aromatic heterocycles. The fourth-order valence-corrected chi connectivity index (χ4v) is 5.85. The van der Waals surface area contributed by atoms with Gasteiger partial charge in [0.2, 0.25) is 10.0 Å². The monoisotopic (exact) mass is 523 g/mol. The summed E-state index contributed by atoms with van der Waals surface area (Å²) in [5.41, 5.74) is -0.0272. The normalized spacial score (nSPS) is 19.5. The van der Waals surface area contributed by atoms with E-state index in [0.717, 1.165) is 12.5 Å². The van der Waals surface area contributed by atoms with Crippen molar-refractivity contribution in [2.75, 3.05) is 18.4 Å². The number of ether oxygens (including phenoxy) is 1. The van der Waals surface area contributed by atoms with E-state index < -0.39 is 32.9 Å². The van der Waals surface area contributed by atoms with Gasteiger partial charge in [-0.3, -0.25) is 14.9 Å². The van der Waals surface area contributed by atoms with Gasteiger partial charge in [-0.2, -0.15) is 4.31 Å². The fourth-order valence-electron chi connectivity index (χ4n) is 3.95. The van der Waals surface area contributed by atoms with Crippen LogP contribution in [0.5, 0.6) is 0 Å². The largest absolute Gasteiger partial charge is 0.449 e. The zero-order valence-corrected chi connectivity index (χ0v) is 21.0. The molecule has 1 saturated heterocycles. The van der Waals surface area contributed by atoms with Crippen LogP contribution in [0.25, 0.3) is 0 Å². The van der Waals surface area contributed by atoms with Gasteiger partial charge >= 0.3 is 5.97 Å². The van der Waals surface area contributed by atoms with Crippen molar-refractivity contribution in [2.45, 2.75) is 38.2 Å². The molecule has 2 aromatic rings. The predicted octanol–water partition coefficient (Wildman–Crippen LogP) is 4.10. The highest BCUT2D eigenvalue weighted by Crippen LogP contribution is 2.28. The molecule has 1 amide bonds. The van der Waals surface area contributed by atoms with E-state index in [9.17, 15) is 28.1 Å². The number of carbonyl (C=O) groups is 2. The summed E-state index contributed by atoms with van der Waals surface area (Å²) in [6.45, 7) is 6.28. The zero-order chi connectivity index (χ0) is 25.9. The molecule has 0 saturated carbocycles. The number of anilines is 1. The molecule has 35 heavy (non-hydrogen) atoms. The van der Waals surface area contributed by atoms with E-state index in [1.54, 1.807) is 0 Å². The molecular formula is C23H26ClN3O7S. The Balaban J connectivity index is 1.63. The Hall–Kier alpha value is -3.02. The van der Waals surface area contributed by atoms with Crippen molar-refractivity contribution in [3.63, 3.8) is 0 Å². The third-order valence-corrected chi connectivity index (χ3v) is 7.80. The van der Waals surface area contributed by atoms with E-state index in [2.05, 4.69) is 5.32 Å². The Morgan fingerprint density at radius 2 is 1.74 bits per heavy atom. The number of nitro groups is 1. The van der Waals surface area contributed by atoms with Gasteiger partial charge in [0.25, 0.3) is 11.6 Å². The topological polar surface area (TPSA) is 136 Å². The third kappa shape index (κ3) is 6.36. The third-order valence-electron chi connectivity index (χ3n) is 5.64. The molecule has 1 N–H and O–H groups in total. The van der Waals surface area contributed by atoms with Crippen LogP contribution in [-0.2, 0) is 19.6 Å². The Bertz CT molecular complexity index is 1220. The molecule has 1 heterocycles. The summed E-state index contributed by atoms with van der Waals surface area (Å²) in [5, 5.41) is 13.2. The maximum Gasteiger partial charge on any atom is 0.338 e. The Labute approximate surface area is 208 Å². The number of nitrogens with zero attached hydrogens (tertiary/aromatic N) is 2. The lowest BCUT2D eigenvalue weighted by Crippen LogP contribution is -2.42. The van der Waals surface area contributed by atoms with Gasteiger partial charge in [-0.1, -0.05) is 25.4 Å². The molecule has 3 atom stereocenters. The van der Waals surface area contributed by atoms with Gasteiger partial charge in [-0.25, -0.2) is 13.2 Å². The maximum atomic E-state index is 13.0. The SMILES string of the molecule is C[C@@H]1C[C@H](C)CN(S(=O)(=O)c2ccc(C(=O)O[C@H](C)C(=O)Nc3ccc([N+](=O)[O-])cc3Cl)cc2)C1. The average Bonchev–Trinajstić information content (AvgIpc) is 2.79. The van der Waals surface area contributed by atoms with Crippen molar-refractivity contribution in [2.24, 2.45) is 11.8 Å². The molecule has 3 rings (SSSR count). The molecule has 2 aromatic carbocycles. The molecule has 12 heteroatoms. The molecule has 0 spiro atoms. The Morgan fingerprint density at radius 1 is 1.14 bits per heavy atom. The number of amides is 1. The highest BCUT2D eigenvalue weighted by atomic mass is 35.5. The number of hydrogen-bond donors (Lipinski definition) is 1. The van der Waals surface area contributed by atoms with Gasteiger partial charge < -0.3 is 10.1 Å². The summed E-state index contributed by atoms with van der Waals surface area (Å²) in [4.78, 5) is 35.1. The van der Waals surface area contributed by atoms with Gasteiger partial charge in [0.05, 0.1) is 26.1 Å². The standard InChI is InChI=1S/C23H26ClN3O7S/c1-14-10-15(2)13-26(12-14)35(32,33)19-7-4-17(5-8-19)23(29)34-16(3)22(28)25-21-9-6-18(27(30)31)11-20(21)24/h4-9,11,14-16H,10,12-13H2,1-3H3,(H,25,28)/t14-,15+,16-/m1/s1. The van der Waals surface area contributed by atoms with Gasteiger partial charge in [0.1, 0.15) is 0 Å². The van der Waals surface area contributed by atoms with E-state index in [-0.39, 0.29) is 38.7 Å². The quantitative estimate of drug-likeness (QED) is 0.328. The summed E-state index contributed by atoms with van der Waals surface area (Å²) in [5.74, 6) is -0.985. The summed E-state index contributed by atoms with van der Waals surface area (Å²) >= 11 is 5.97. The number of piperidine rings is 1. The Morgan fingerprint density at radius 3 is 2.29 bits per heavy atom. The van der Waals surface area contributed by atoms with Crippen LogP contribution in [0.1, 0.15) is 37.6 Å². The molecule has 1 aliphatic heterocycles. The minimum absolute atomic E-state index is 0.0413. The number of nitrogens with one attached hydrogen (secondary N) is 1. The lowest BCUT2D eigenvalue weighted by molar-refractivity contribution is -0.384. The van der Waals surface area contributed by atoms with Crippen LogP contribution in [0.2, 0.25) is 5.02 Å². The highest BCUT2D eigenvalue weighted by molar-refractivity contribution is 7.89. The van der Waals surface area contributed by atoms with Crippen LogP contribution >= 0.6 is 11.6 Å². The van der Waals surface area contributed by atoms with Crippen LogP contribution in [-0.4, -0.2) is 48.7 Å². The summed E-state index contributed by atoms with van der Waals surface area (Å²) < 4.78 is 32.6. The van der Waals surface area contributed by atoms with Gasteiger partial charge in [-0.15, -0.1) is 0 Å². The number of benzene rings is 2. The molecule has 1 fully saturated rings. The number of rotatable bonds is 7. The first-order valence-corrected chi connectivity index (χ1v) is 12.8. The lowest BCUT2D eigenvalue weighted by atomic mass is 9.94. The van der Waals surface area contributed by atoms with E-state index in [1.807, 2.05) is 13.8 Å². The van der Waals surface area contributed by atoms with E-state index >= 15 is 0 Å². The fraction of sp³-hybridized carbons (Fsp3) is 0.391. The van der Waals surface area contributed by atoms with Crippen molar-refractivity contribution in [3.8, 4) is 0 Å². The van der Waals surface area contributed by atoms with Crippen LogP contribution in [0.3, 0.4) is 0 Å². The second-order valence-corrected chi connectivity index (χ2v) is 11.1. The number of halogens is 1. The van der Waals surface area contributed by atoms with E-state index in [4.69, 9.17) is 16.3 Å². The minimum atomic E-state index is -3.69. The number of carbonyl (C=O) groups excluding carboxylic acids is 2. The van der Waals surface area contributed by atoms with Crippen LogP contribution in [0, 0.1) is 22.0 Å². The van der Waals surface area contributed by atoms with Crippen molar-refractivity contribution in [1.82, 2.24) is 4.31 Å². The molecule has 188 valence electrons. The average molecular weight is 524 g/mol. The summed E-state index contributed by atoms with van der Waals surface area (Å²) in [6, 6.07) is 8.91. The number of esters is 1. The van der Waals surface area contributed by atoms with Crippen LogP contribution in [0.15, 0.2) is 47.4 Å². The first-order valence-electron chi connectivity index (χ1n) is 10.9. The molecule has 0 bridgehead atoms. The zero-order valence-electron chi connectivity index (χ0n) is 19.4. The Kier molecular flexibility index (Phi) is 8.14. The first kappa shape index (κ1) is 26.6. The molecule has 1 aliphatic rings. The smallest absolute Gasteiger partial charge is 0.338 e. The predicted molar refractivity (Wildman–Crippen MR) is 130 cm³/mol. The molecule has 0 unspecified atom stereocenters. The minimum Gasteiger partial charge on any atom is -0.449 e. The maximum absolute atomic E-state index is 13.0. The van der Waals surface area contributed by atoms with E-state index in [1.165, 1.54) is 47.6 Å². The van der Waals surface area contributed by atoms with Crippen molar-refractivity contribution in [3.05, 3.63) is 63.2 Å². The molecule has 0 radical (unpaired) electrons. The first-order chi connectivity index (χ1) is 16.4. The molecule has 10 nitrogen and oxygen atoms in total. The molecular weight excluding hydrogens is 498 g/mol. The van der Waals surface area contributed by atoms with Gasteiger partial charge in [0.15, 0.2) is 6.10 Å². The second-order valence-electron chi connectivity index (χ2n) is 8.75.